The van der Waals surface area contributed by atoms with Crippen LogP contribution in [-0.2, 0) is 44.5 Å². The van der Waals surface area contributed by atoms with E-state index >= 15 is 0 Å². The van der Waals surface area contributed by atoms with Crippen molar-refractivity contribution < 1.29 is 61.2 Å². The van der Waals surface area contributed by atoms with Crippen LogP contribution in [0.1, 0.15) is 30.2 Å². The summed E-state index contributed by atoms with van der Waals surface area (Å²) in [6.45, 7) is -0.353. The first kappa shape index (κ1) is 34.1. The molecule has 21 nitrogen and oxygen atoms in total. The average Bonchev–Trinajstić information content (AvgIpc) is 3.51. The Kier molecular flexibility index (Phi) is 10.6. The molecule has 0 bridgehead atoms. The molecular formula is C20H28N7O14P3. The summed E-state index contributed by atoms with van der Waals surface area (Å²) < 4.78 is 53.3. The zero-order chi connectivity index (χ0) is 32.3. The summed E-state index contributed by atoms with van der Waals surface area (Å²) in [6.07, 6.45) is 0.290. The fourth-order valence-corrected chi connectivity index (χ4v) is 7.30. The van der Waals surface area contributed by atoms with Gasteiger partial charge in [0, 0.05) is 24.6 Å². The molecule has 8 N–H and O–H groups in total. The Bertz CT molecular complexity index is 1650. The molecule has 0 radical (unpaired) electrons. The van der Waals surface area contributed by atoms with Gasteiger partial charge in [0.2, 0.25) is 0 Å². The minimum absolute atomic E-state index is 0.0355. The van der Waals surface area contributed by atoms with E-state index in [-0.39, 0.29) is 35.6 Å². The maximum atomic E-state index is 12.0. The predicted molar refractivity (Wildman–Crippen MR) is 147 cm³/mol. The van der Waals surface area contributed by atoms with Crippen molar-refractivity contribution >= 4 is 46.1 Å². The van der Waals surface area contributed by atoms with Gasteiger partial charge in [-0.15, -0.1) is 0 Å². The van der Waals surface area contributed by atoms with Crippen LogP contribution in [0.5, 0.6) is 0 Å². The number of hydrogen-bond acceptors (Lipinski definition) is 15. The van der Waals surface area contributed by atoms with Gasteiger partial charge in [-0.25, -0.2) is 28.6 Å². The number of ether oxygens (including phenoxy) is 1. The third-order valence-electron chi connectivity index (χ3n) is 6.15. The molecule has 5 atom stereocenters. The fraction of sp³-hybridized carbons (Fsp3) is 0.450. The Hall–Kier alpha value is -2.74. The van der Waals surface area contributed by atoms with Gasteiger partial charge >= 0.3 is 23.5 Å². The van der Waals surface area contributed by atoms with E-state index in [0.717, 1.165) is 5.56 Å². The topological polar surface area (TPSA) is 314 Å². The molecule has 0 saturated carbocycles. The van der Waals surface area contributed by atoms with Crippen molar-refractivity contribution in [2.24, 2.45) is 5.73 Å². The summed E-state index contributed by atoms with van der Waals surface area (Å²) in [6, 6.07) is 4.93. The fourth-order valence-electron chi connectivity index (χ4n) is 4.27. The number of hydrogen-bond donors (Lipinski definition) is 7. The van der Waals surface area contributed by atoms with E-state index in [2.05, 4.69) is 33.4 Å². The highest BCUT2D eigenvalue weighted by Gasteiger charge is 2.43. The largest absolute Gasteiger partial charge is 0.490 e. The van der Waals surface area contributed by atoms with Crippen LogP contribution >= 0.6 is 23.5 Å². The number of rotatable bonds is 15. The summed E-state index contributed by atoms with van der Waals surface area (Å²) in [7, 11) is -16.7. The number of nitro groups is 1. The Morgan fingerprint density at radius 2 is 1.89 bits per heavy atom. The van der Waals surface area contributed by atoms with Gasteiger partial charge in [0.15, 0.2) is 17.0 Å². The van der Waals surface area contributed by atoms with E-state index in [1.54, 1.807) is 12.1 Å². The predicted octanol–water partition coefficient (Wildman–Crippen LogP) is 1.23. The van der Waals surface area contributed by atoms with Crippen molar-refractivity contribution in [3.05, 3.63) is 52.1 Å². The lowest BCUT2D eigenvalue weighted by molar-refractivity contribution is -0.385. The van der Waals surface area contributed by atoms with Gasteiger partial charge in [0.1, 0.15) is 18.7 Å². The molecule has 0 spiro atoms. The summed E-state index contributed by atoms with van der Waals surface area (Å²) in [5.74, 6) is 0.248. The molecule has 3 aromatic rings. The standard InChI is InChI=1S/C20H28N7O14P3/c21-5-1-2-12-3-4-13(14(6-12)27(29)30)8-22-19-18-20(24-10-23-19)26(11-25-18)17-7-15(28)16(39-17)9-38-43(34,35)41-44(36,37)40-42(31,32)33/h3-4,6,10-11,15-17,28H,1-2,5,7-9,21H2,(H,34,35)(H,36,37)(H,22,23,24)(H2,31,32,33)/t15?,16-,17-/m1/s1. The first-order valence-electron chi connectivity index (χ1n) is 12.6. The van der Waals surface area contributed by atoms with Crippen LogP contribution in [0.4, 0.5) is 11.5 Å². The van der Waals surface area contributed by atoms with Gasteiger partial charge < -0.3 is 40.5 Å². The van der Waals surface area contributed by atoms with Gasteiger partial charge in [-0.3, -0.25) is 19.2 Å². The highest BCUT2D eigenvalue weighted by Crippen LogP contribution is 2.66. The molecule has 44 heavy (non-hydrogen) atoms. The molecule has 242 valence electrons. The Morgan fingerprint density at radius 3 is 2.57 bits per heavy atom. The van der Waals surface area contributed by atoms with Crippen LogP contribution < -0.4 is 11.1 Å². The molecule has 1 aromatic carbocycles. The first-order chi connectivity index (χ1) is 20.6. The number of anilines is 1. The van der Waals surface area contributed by atoms with E-state index in [4.69, 9.17) is 20.3 Å². The number of nitrogens with two attached hydrogens (primary N) is 1. The Morgan fingerprint density at radius 1 is 1.14 bits per heavy atom. The molecule has 24 heteroatoms. The molecule has 4 rings (SSSR count). The SMILES string of the molecule is NCCCc1ccc(CNc2ncnc3c2ncn3[C@H]2CC(O)[C@@H](COP(=O)(O)OP(=O)(O)OP(=O)(O)O)O2)c([N+](=O)[O-])c1. The third kappa shape index (κ3) is 8.92. The molecule has 1 aliphatic rings. The summed E-state index contributed by atoms with van der Waals surface area (Å²) in [5.41, 5.74) is 7.16. The van der Waals surface area contributed by atoms with Crippen molar-refractivity contribution in [1.82, 2.24) is 19.5 Å². The maximum Gasteiger partial charge on any atom is 0.490 e. The Balaban J connectivity index is 1.42. The molecule has 3 heterocycles. The van der Waals surface area contributed by atoms with E-state index < -0.39 is 53.4 Å². The van der Waals surface area contributed by atoms with Crippen LogP contribution in [0.2, 0.25) is 0 Å². The number of fused-ring (bicyclic) bond motifs is 1. The molecule has 1 saturated heterocycles. The van der Waals surface area contributed by atoms with Crippen molar-refractivity contribution in [3.63, 3.8) is 0 Å². The number of nitro benzene ring substituents is 1. The number of aryl methyl sites for hydroxylation is 1. The van der Waals surface area contributed by atoms with Crippen LogP contribution in [0.3, 0.4) is 0 Å². The molecule has 1 aliphatic heterocycles. The van der Waals surface area contributed by atoms with Gasteiger partial charge in [-0.1, -0.05) is 12.1 Å². The molecule has 2 aromatic heterocycles. The molecule has 1 fully saturated rings. The molecule has 3 unspecified atom stereocenters. The smallest absolute Gasteiger partial charge is 0.390 e. The number of aromatic nitrogens is 4. The highest BCUT2D eigenvalue weighted by molar-refractivity contribution is 7.66. The quantitative estimate of drug-likeness (QED) is 0.0672. The minimum Gasteiger partial charge on any atom is -0.390 e. The number of nitrogens with one attached hydrogen (secondary N) is 1. The van der Waals surface area contributed by atoms with E-state index in [1.165, 1.54) is 23.3 Å². The van der Waals surface area contributed by atoms with E-state index in [0.29, 0.717) is 24.9 Å². The van der Waals surface area contributed by atoms with E-state index in [1.807, 2.05) is 0 Å². The van der Waals surface area contributed by atoms with Crippen molar-refractivity contribution in [2.45, 2.75) is 44.2 Å². The van der Waals surface area contributed by atoms with Crippen molar-refractivity contribution in [3.8, 4) is 0 Å². The third-order valence-corrected chi connectivity index (χ3v) is 9.96. The first-order valence-corrected chi connectivity index (χ1v) is 17.1. The summed E-state index contributed by atoms with van der Waals surface area (Å²) in [4.78, 5) is 60.0. The number of nitrogens with zero attached hydrogens (tertiary/aromatic N) is 5. The maximum absolute atomic E-state index is 12.0. The Labute approximate surface area is 247 Å². The zero-order valence-electron chi connectivity index (χ0n) is 22.4. The number of benzene rings is 1. The van der Waals surface area contributed by atoms with Crippen LogP contribution in [0.25, 0.3) is 11.2 Å². The minimum atomic E-state index is -5.71. The van der Waals surface area contributed by atoms with E-state index in [9.17, 15) is 38.7 Å². The molecular weight excluding hydrogens is 655 g/mol. The summed E-state index contributed by atoms with van der Waals surface area (Å²) >= 11 is 0. The second-order valence-corrected chi connectivity index (χ2v) is 13.8. The average molecular weight is 683 g/mol. The van der Waals surface area contributed by atoms with Gasteiger partial charge in [0.05, 0.1) is 24.0 Å². The second-order valence-electron chi connectivity index (χ2n) is 9.33. The highest BCUT2D eigenvalue weighted by atomic mass is 31.3. The zero-order valence-corrected chi connectivity index (χ0v) is 25.1. The van der Waals surface area contributed by atoms with Gasteiger partial charge in [0.25, 0.3) is 5.69 Å². The number of aliphatic hydroxyl groups is 1. The summed E-state index contributed by atoms with van der Waals surface area (Å²) in [5, 5.41) is 25.1. The lowest BCUT2D eigenvalue weighted by Crippen LogP contribution is -2.26. The lowest BCUT2D eigenvalue weighted by Gasteiger charge is -2.19. The van der Waals surface area contributed by atoms with Crippen LogP contribution in [0.15, 0.2) is 30.9 Å². The van der Waals surface area contributed by atoms with Crippen LogP contribution in [-0.4, -0.2) is 74.5 Å². The molecule has 0 aliphatic carbocycles. The van der Waals surface area contributed by atoms with Gasteiger partial charge in [-0.2, -0.15) is 8.62 Å². The van der Waals surface area contributed by atoms with Crippen LogP contribution in [0, 0.1) is 10.1 Å². The number of phosphoric acid groups is 3. The van der Waals surface area contributed by atoms with Gasteiger partial charge in [-0.05, 0) is 24.9 Å². The number of phosphoric ester groups is 1. The lowest BCUT2D eigenvalue weighted by atomic mass is 10.1. The molecule has 0 amide bonds. The second kappa shape index (κ2) is 13.7. The normalized spacial score (nSPS) is 21.6. The number of imidazole rings is 1. The van der Waals surface area contributed by atoms with Crippen molar-refractivity contribution in [2.75, 3.05) is 18.5 Å². The van der Waals surface area contributed by atoms with Crippen molar-refractivity contribution in [1.29, 1.82) is 0 Å². The number of aliphatic hydroxyl groups excluding tert-OH is 1. The monoisotopic (exact) mass is 683 g/mol.